The maximum absolute atomic E-state index is 12.2. The number of rotatable bonds is 1. The van der Waals surface area contributed by atoms with Gasteiger partial charge in [0, 0.05) is 24.2 Å². The third-order valence-corrected chi connectivity index (χ3v) is 3.15. The van der Waals surface area contributed by atoms with Crippen molar-refractivity contribution in [2.45, 2.75) is 0 Å². The number of nitrogens with two attached hydrogens (primary N) is 1. The Morgan fingerprint density at radius 1 is 1.42 bits per heavy atom. The minimum absolute atomic E-state index is 0.0245. The summed E-state index contributed by atoms with van der Waals surface area (Å²) in [7, 11) is 0. The lowest BCUT2D eigenvalue weighted by Gasteiger charge is -2.26. The summed E-state index contributed by atoms with van der Waals surface area (Å²) < 4.78 is 5.22. The zero-order valence-corrected chi connectivity index (χ0v) is 11.2. The van der Waals surface area contributed by atoms with E-state index >= 15 is 0 Å². The summed E-state index contributed by atoms with van der Waals surface area (Å²) >= 11 is 6.11. The number of halogens is 1. The largest absolute Gasteiger partial charge is 0.378 e. The molecular formula is C14H15ClN2O2. The maximum atomic E-state index is 12.2. The minimum Gasteiger partial charge on any atom is -0.378 e. The lowest BCUT2D eigenvalue weighted by Crippen LogP contribution is -2.40. The van der Waals surface area contributed by atoms with Crippen LogP contribution in [0, 0.1) is 11.8 Å². The van der Waals surface area contributed by atoms with Crippen LogP contribution in [0.15, 0.2) is 18.2 Å². The first-order valence-electron chi connectivity index (χ1n) is 6.08. The Hall–Kier alpha value is -1.54. The number of hydrogen-bond donors (Lipinski definition) is 1. The Balaban J connectivity index is 2.16. The van der Waals surface area contributed by atoms with Crippen LogP contribution in [0.5, 0.6) is 0 Å². The molecule has 1 amide bonds. The van der Waals surface area contributed by atoms with Crippen LogP contribution in [0.3, 0.4) is 0 Å². The zero-order chi connectivity index (χ0) is 13.7. The number of morpholine rings is 1. The predicted molar refractivity (Wildman–Crippen MR) is 74.1 cm³/mol. The van der Waals surface area contributed by atoms with Crippen LogP contribution in [-0.4, -0.2) is 43.7 Å². The number of nitrogens with zero attached hydrogens (tertiary/aromatic N) is 1. The molecule has 0 unspecified atom stereocenters. The van der Waals surface area contributed by atoms with Gasteiger partial charge in [0.1, 0.15) is 0 Å². The first kappa shape index (κ1) is 13.9. The summed E-state index contributed by atoms with van der Waals surface area (Å²) in [6.07, 6.45) is 0. The summed E-state index contributed by atoms with van der Waals surface area (Å²) in [5.41, 5.74) is 6.57. The molecular weight excluding hydrogens is 264 g/mol. The maximum Gasteiger partial charge on any atom is 0.254 e. The molecule has 1 aromatic rings. The summed E-state index contributed by atoms with van der Waals surface area (Å²) in [4.78, 5) is 14.0. The lowest BCUT2D eigenvalue weighted by molar-refractivity contribution is 0.0303. The SMILES string of the molecule is NCC#Cc1ccc(C(=O)N2CCOCC2)cc1Cl. The Bertz CT molecular complexity index is 528. The van der Waals surface area contributed by atoms with Crippen molar-refractivity contribution in [2.75, 3.05) is 32.8 Å². The van der Waals surface area contributed by atoms with Crippen molar-refractivity contribution >= 4 is 17.5 Å². The van der Waals surface area contributed by atoms with Crippen molar-refractivity contribution in [2.24, 2.45) is 5.73 Å². The molecule has 19 heavy (non-hydrogen) atoms. The topological polar surface area (TPSA) is 55.6 Å². The molecule has 0 spiro atoms. The quantitative estimate of drug-likeness (QED) is 0.784. The Morgan fingerprint density at radius 2 is 2.16 bits per heavy atom. The molecule has 1 aromatic carbocycles. The first-order chi connectivity index (χ1) is 9.22. The highest BCUT2D eigenvalue weighted by Crippen LogP contribution is 2.18. The van der Waals surface area contributed by atoms with Crippen molar-refractivity contribution in [3.05, 3.63) is 34.3 Å². The second kappa shape index (κ2) is 6.58. The van der Waals surface area contributed by atoms with Gasteiger partial charge in [-0.3, -0.25) is 4.79 Å². The van der Waals surface area contributed by atoms with E-state index in [1.807, 2.05) is 0 Å². The number of ether oxygens (including phenoxy) is 1. The molecule has 2 N–H and O–H groups in total. The van der Waals surface area contributed by atoms with Crippen molar-refractivity contribution in [1.29, 1.82) is 0 Å². The van der Waals surface area contributed by atoms with Crippen LogP contribution in [0.25, 0.3) is 0 Å². The fourth-order valence-electron chi connectivity index (χ4n) is 1.84. The summed E-state index contributed by atoms with van der Waals surface area (Å²) in [6, 6.07) is 5.14. The van der Waals surface area contributed by atoms with E-state index in [-0.39, 0.29) is 12.5 Å². The average Bonchev–Trinajstić information content (AvgIpc) is 2.46. The molecule has 0 bridgehead atoms. The monoisotopic (exact) mass is 278 g/mol. The molecule has 1 fully saturated rings. The molecule has 5 heteroatoms. The smallest absolute Gasteiger partial charge is 0.254 e. The fraction of sp³-hybridized carbons (Fsp3) is 0.357. The molecule has 2 rings (SSSR count). The number of carbonyl (C=O) groups excluding carboxylic acids is 1. The summed E-state index contributed by atoms with van der Waals surface area (Å²) in [5, 5.41) is 0.472. The third kappa shape index (κ3) is 3.48. The number of carbonyl (C=O) groups is 1. The van der Waals surface area contributed by atoms with Gasteiger partial charge in [-0.25, -0.2) is 0 Å². The van der Waals surface area contributed by atoms with Gasteiger partial charge in [-0.1, -0.05) is 23.4 Å². The van der Waals surface area contributed by atoms with E-state index < -0.39 is 0 Å². The molecule has 0 radical (unpaired) electrons. The molecule has 0 aliphatic carbocycles. The van der Waals surface area contributed by atoms with Gasteiger partial charge in [-0.15, -0.1) is 0 Å². The van der Waals surface area contributed by atoms with Crippen LogP contribution in [-0.2, 0) is 4.74 Å². The van der Waals surface area contributed by atoms with Gasteiger partial charge in [-0.05, 0) is 18.2 Å². The Labute approximate surface area is 117 Å². The second-order valence-corrected chi connectivity index (χ2v) is 4.51. The highest BCUT2D eigenvalue weighted by molar-refractivity contribution is 6.32. The van der Waals surface area contributed by atoms with E-state index in [0.717, 1.165) is 0 Å². The van der Waals surface area contributed by atoms with Crippen molar-refractivity contribution in [1.82, 2.24) is 4.90 Å². The number of amides is 1. The van der Waals surface area contributed by atoms with Crippen LogP contribution < -0.4 is 5.73 Å². The Kier molecular flexibility index (Phi) is 4.80. The van der Waals surface area contributed by atoms with E-state index in [9.17, 15) is 4.79 Å². The standard InChI is InChI=1S/C14H15ClN2O2/c15-13-10-12(4-3-11(13)2-1-5-16)14(18)17-6-8-19-9-7-17/h3-4,10H,5-9,16H2. The van der Waals surface area contributed by atoms with Crippen LogP contribution in [0.1, 0.15) is 15.9 Å². The number of hydrogen-bond acceptors (Lipinski definition) is 3. The van der Waals surface area contributed by atoms with Gasteiger partial charge < -0.3 is 15.4 Å². The van der Waals surface area contributed by atoms with Gasteiger partial charge in [0.2, 0.25) is 0 Å². The van der Waals surface area contributed by atoms with Gasteiger partial charge in [0.05, 0.1) is 24.8 Å². The normalized spacial score (nSPS) is 14.7. The van der Waals surface area contributed by atoms with Gasteiger partial charge in [-0.2, -0.15) is 0 Å². The zero-order valence-electron chi connectivity index (χ0n) is 10.5. The highest BCUT2D eigenvalue weighted by atomic mass is 35.5. The fourth-order valence-corrected chi connectivity index (χ4v) is 2.07. The molecule has 0 aromatic heterocycles. The highest BCUT2D eigenvalue weighted by Gasteiger charge is 2.18. The Morgan fingerprint density at radius 3 is 2.79 bits per heavy atom. The van der Waals surface area contributed by atoms with Gasteiger partial charge >= 0.3 is 0 Å². The van der Waals surface area contributed by atoms with Crippen LogP contribution in [0.4, 0.5) is 0 Å². The summed E-state index contributed by atoms with van der Waals surface area (Å²) in [6.45, 7) is 2.68. The molecule has 1 heterocycles. The molecule has 1 saturated heterocycles. The van der Waals surface area contributed by atoms with Crippen LogP contribution >= 0.6 is 11.6 Å². The molecule has 0 atom stereocenters. The molecule has 1 aliphatic heterocycles. The molecule has 1 aliphatic rings. The molecule has 100 valence electrons. The minimum atomic E-state index is -0.0245. The van der Waals surface area contributed by atoms with E-state index in [0.29, 0.717) is 42.5 Å². The lowest BCUT2D eigenvalue weighted by atomic mass is 10.1. The number of benzene rings is 1. The van der Waals surface area contributed by atoms with E-state index in [1.165, 1.54) is 0 Å². The van der Waals surface area contributed by atoms with Crippen molar-refractivity contribution in [3.63, 3.8) is 0 Å². The predicted octanol–water partition coefficient (Wildman–Crippen LogP) is 1.12. The van der Waals surface area contributed by atoms with Gasteiger partial charge in [0.15, 0.2) is 0 Å². The van der Waals surface area contributed by atoms with Crippen LogP contribution in [0.2, 0.25) is 5.02 Å². The van der Waals surface area contributed by atoms with E-state index in [2.05, 4.69) is 11.8 Å². The summed E-state index contributed by atoms with van der Waals surface area (Å²) in [5.74, 6) is 5.58. The third-order valence-electron chi connectivity index (χ3n) is 2.84. The second-order valence-electron chi connectivity index (χ2n) is 4.11. The van der Waals surface area contributed by atoms with E-state index in [1.54, 1.807) is 23.1 Å². The van der Waals surface area contributed by atoms with Crippen molar-refractivity contribution in [3.8, 4) is 11.8 Å². The average molecular weight is 279 g/mol. The van der Waals surface area contributed by atoms with Crippen molar-refractivity contribution < 1.29 is 9.53 Å². The van der Waals surface area contributed by atoms with E-state index in [4.69, 9.17) is 22.1 Å². The molecule has 0 saturated carbocycles. The molecule has 4 nitrogen and oxygen atoms in total. The van der Waals surface area contributed by atoms with Gasteiger partial charge in [0.25, 0.3) is 5.91 Å². The first-order valence-corrected chi connectivity index (χ1v) is 6.45.